The summed E-state index contributed by atoms with van der Waals surface area (Å²) in [7, 11) is 0. The number of anilines is 1. The van der Waals surface area contributed by atoms with Gasteiger partial charge >= 0.3 is 6.03 Å². The molecule has 0 bridgehead atoms. The highest BCUT2D eigenvalue weighted by atomic mass is 16.5. The fourth-order valence-corrected chi connectivity index (χ4v) is 2.40. The zero-order chi connectivity index (χ0) is 15.4. The lowest BCUT2D eigenvalue weighted by Gasteiger charge is -2.34. The van der Waals surface area contributed by atoms with Crippen LogP contribution in [0.25, 0.3) is 5.69 Å². The van der Waals surface area contributed by atoms with Gasteiger partial charge in [-0.2, -0.15) is 0 Å². The van der Waals surface area contributed by atoms with E-state index in [2.05, 4.69) is 10.3 Å². The van der Waals surface area contributed by atoms with Crippen LogP contribution in [0.2, 0.25) is 0 Å². The Balaban J connectivity index is 1.66. The normalized spacial score (nSPS) is 18.2. The molecule has 1 fully saturated rings. The molecule has 2 heterocycles. The quantitative estimate of drug-likeness (QED) is 0.890. The minimum atomic E-state index is -0.293. The smallest absolute Gasteiger partial charge is 0.322 e. The van der Waals surface area contributed by atoms with Gasteiger partial charge in [0.25, 0.3) is 0 Å². The Labute approximate surface area is 128 Å². The van der Waals surface area contributed by atoms with E-state index >= 15 is 0 Å². The molecule has 0 radical (unpaired) electrons. The third-order valence-electron chi connectivity index (χ3n) is 3.62. The van der Waals surface area contributed by atoms with Gasteiger partial charge in [0, 0.05) is 30.3 Å². The van der Waals surface area contributed by atoms with Gasteiger partial charge in [0.2, 0.25) is 0 Å². The lowest BCUT2D eigenvalue weighted by Crippen LogP contribution is -2.52. The molecule has 0 aliphatic carbocycles. The van der Waals surface area contributed by atoms with E-state index in [-0.39, 0.29) is 18.7 Å². The molecule has 1 atom stereocenters. The number of rotatable bonds is 3. The van der Waals surface area contributed by atoms with E-state index in [4.69, 9.17) is 4.74 Å². The second-order valence-electron chi connectivity index (χ2n) is 5.05. The highest BCUT2D eigenvalue weighted by molar-refractivity contribution is 5.89. The second kappa shape index (κ2) is 6.59. The number of amides is 2. The van der Waals surface area contributed by atoms with E-state index in [0.717, 1.165) is 5.69 Å². The SMILES string of the molecule is O=C(Nc1ccc(-n2ccnc2)cc1)N1CCOC[C@H]1CO. The molecular weight excluding hydrogens is 284 g/mol. The van der Waals surface area contributed by atoms with E-state index in [1.807, 2.05) is 35.0 Å². The second-order valence-corrected chi connectivity index (χ2v) is 5.05. The molecule has 1 saturated heterocycles. The van der Waals surface area contributed by atoms with E-state index in [1.54, 1.807) is 17.4 Å². The van der Waals surface area contributed by atoms with E-state index in [0.29, 0.717) is 25.4 Å². The zero-order valence-corrected chi connectivity index (χ0v) is 12.1. The molecule has 116 valence electrons. The number of hydrogen-bond acceptors (Lipinski definition) is 4. The minimum absolute atomic E-state index is 0.104. The fourth-order valence-electron chi connectivity index (χ4n) is 2.40. The number of aliphatic hydroxyl groups is 1. The summed E-state index contributed by atoms with van der Waals surface area (Å²) in [5.74, 6) is 0. The Morgan fingerprint density at radius 3 is 2.91 bits per heavy atom. The highest BCUT2D eigenvalue weighted by Gasteiger charge is 2.26. The Morgan fingerprint density at radius 1 is 1.41 bits per heavy atom. The van der Waals surface area contributed by atoms with E-state index < -0.39 is 0 Å². The summed E-state index contributed by atoms with van der Waals surface area (Å²) >= 11 is 0. The van der Waals surface area contributed by atoms with Crippen LogP contribution >= 0.6 is 0 Å². The van der Waals surface area contributed by atoms with Crippen molar-refractivity contribution in [1.82, 2.24) is 14.5 Å². The predicted octanol–water partition coefficient (Wildman–Crippen LogP) is 1.10. The minimum Gasteiger partial charge on any atom is -0.394 e. The molecule has 0 spiro atoms. The van der Waals surface area contributed by atoms with Crippen molar-refractivity contribution >= 4 is 11.7 Å². The summed E-state index contributed by atoms with van der Waals surface area (Å²) in [5, 5.41) is 12.2. The van der Waals surface area contributed by atoms with Gasteiger partial charge in [-0.1, -0.05) is 0 Å². The van der Waals surface area contributed by atoms with Crippen molar-refractivity contribution in [2.45, 2.75) is 6.04 Å². The topological polar surface area (TPSA) is 79.6 Å². The summed E-state index contributed by atoms with van der Waals surface area (Å²) in [5.41, 5.74) is 1.67. The molecule has 0 unspecified atom stereocenters. The average Bonchev–Trinajstić information content (AvgIpc) is 3.10. The third kappa shape index (κ3) is 3.10. The first-order chi connectivity index (χ1) is 10.8. The fraction of sp³-hybridized carbons (Fsp3) is 0.333. The summed E-state index contributed by atoms with van der Waals surface area (Å²) in [6.45, 7) is 1.23. The number of carbonyl (C=O) groups excluding carboxylic acids is 1. The van der Waals surface area contributed by atoms with Gasteiger partial charge in [-0.15, -0.1) is 0 Å². The monoisotopic (exact) mass is 302 g/mol. The van der Waals surface area contributed by atoms with Crippen LogP contribution in [0, 0.1) is 0 Å². The van der Waals surface area contributed by atoms with Crippen molar-refractivity contribution in [1.29, 1.82) is 0 Å². The molecule has 3 rings (SSSR count). The molecule has 2 amide bonds. The summed E-state index contributed by atoms with van der Waals surface area (Å²) in [4.78, 5) is 17.9. The van der Waals surface area contributed by atoms with Gasteiger partial charge in [0.1, 0.15) is 0 Å². The van der Waals surface area contributed by atoms with E-state index in [1.165, 1.54) is 0 Å². The van der Waals surface area contributed by atoms with Crippen molar-refractivity contribution in [3.05, 3.63) is 43.0 Å². The van der Waals surface area contributed by atoms with Crippen molar-refractivity contribution in [3.63, 3.8) is 0 Å². The molecule has 1 aromatic carbocycles. The molecule has 1 aromatic heterocycles. The van der Waals surface area contributed by atoms with Crippen LogP contribution in [0.4, 0.5) is 10.5 Å². The van der Waals surface area contributed by atoms with Crippen molar-refractivity contribution in [2.24, 2.45) is 0 Å². The number of hydrogen-bond donors (Lipinski definition) is 2. The number of nitrogens with zero attached hydrogens (tertiary/aromatic N) is 3. The first-order valence-corrected chi connectivity index (χ1v) is 7.12. The molecule has 2 N–H and O–H groups in total. The number of urea groups is 1. The van der Waals surface area contributed by atoms with Gasteiger partial charge in [-0.25, -0.2) is 9.78 Å². The van der Waals surface area contributed by atoms with Gasteiger partial charge in [0.05, 0.1) is 32.2 Å². The largest absolute Gasteiger partial charge is 0.394 e. The Bertz CT molecular complexity index is 612. The van der Waals surface area contributed by atoms with Crippen LogP contribution in [0.3, 0.4) is 0 Å². The number of imidazole rings is 1. The average molecular weight is 302 g/mol. The summed E-state index contributed by atoms with van der Waals surface area (Å²) in [6.07, 6.45) is 5.28. The van der Waals surface area contributed by atoms with Gasteiger partial charge in [-0.05, 0) is 24.3 Å². The molecule has 2 aromatic rings. The number of nitrogens with one attached hydrogen (secondary N) is 1. The lowest BCUT2D eigenvalue weighted by atomic mass is 10.2. The first-order valence-electron chi connectivity index (χ1n) is 7.12. The number of carbonyl (C=O) groups is 1. The van der Waals surface area contributed by atoms with Crippen LogP contribution < -0.4 is 5.32 Å². The van der Waals surface area contributed by atoms with Crippen molar-refractivity contribution < 1.29 is 14.6 Å². The van der Waals surface area contributed by atoms with Crippen molar-refractivity contribution in [3.8, 4) is 5.69 Å². The first kappa shape index (κ1) is 14.6. The maximum atomic E-state index is 12.3. The van der Waals surface area contributed by atoms with Crippen LogP contribution in [-0.2, 0) is 4.74 Å². The molecule has 22 heavy (non-hydrogen) atoms. The predicted molar refractivity (Wildman–Crippen MR) is 81.0 cm³/mol. The molecule has 7 heteroatoms. The Morgan fingerprint density at radius 2 is 2.23 bits per heavy atom. The van der Waals surface area contributed by atoms with Gasteiger partial charge < -0.3 is 24.6 Å². The number of aliphatic hydroxyl groups excluding tert-OH is 1. The van der Waals surface area contributed by atoms with Crippen LogP contribution in [0.5, 0.6) is 0 Å². The Kier molecular flexibility index (Phi) is 4.36. The van der Waals surface area contributed by atoms with Crippen LogP contribution in [0.1, 0.15) is 0 Å². The van der Waals surface area contributed by atoms with Gasteiger partial charge in [-0.3, -0.25) is 0 Å². The maximum absolute atomic E-state index is 12.3. The maximum Gasteiger partial charge on any atom is 0.322 e. The van der Waals surface area contributed by atoms with Gasteiger partial charge in [0.15, 0.2) is 0 Å². The Hall–Kier alpha value is -2.38. The standard InChI is InChI=1S/C15H18N4O3/c20-9-14-10-22-8-7-19(14)15(21)17-12-1-3-13(4-2-12)18-6-5-16-11-18/h1-6,11,14,20H,7-10H2,(H,17,21)/t14-/m1/s1. The molecule has 1 aliphatic heterocycles. The third-order valence-corrected chi connectivity index (χ3v) is 3.62. The van der Waals surface area contributed by atoms with E-state index in [9.17, 15) is 9.90 Å². The zero-order valence-electron chi connectivity index (χ0n) is 12.1. The molecule has 1 aliphatic rings. The number of morpholine rings is 1. The molecular formula is C15H18N4O3. The van der Waals surface area contributed by atoms with Crippen molar-refractivity contribution in [2.75, 3.05) is 31.7 Å². The number of ether oxygens (including phenoxy) is 1. The summed E-state index contributed by atoms with van der Waals surface area (Å²) < 4.78 is 7.15. The molecule has 7 nitrogen and oxygen atoms in total. The van der Waals surface area contributed by atoms with Crippen LogP contribution in [-0.4, -0.2) is 58.0 Å². The number of benzene rings is 1. The molecule has 0 saturated carbocycles. The summed E-state index contributed by atoms with van der Waals surface area (Å²) in [6, 6.07) is 6.96. The number of aromatic nitrogens is 2. The lowest BCUT2D eigenvalue weighted by molar-refractivity contribution is -0.00485. The highest BCUT2D eigenvalue weighted by Crippen LogP contribution is 2.15. The van der Waals surface area contributed by atoms with Crippen LogP contribution in [0.15, 0.2) is 43.0 Å².